The van der Waals surface area contributed by atoms with Gasteiger partial charge in [-0.15, -0.1) is 0 Å². The Morgan fingerprint density at radius 3 is 2.74 bits per heavy atom. The lowest BCUT2D eigenvalue weighted by atomic mass is 9.68. The number of rotatable bonds is 2. The summed E-state index contributed by atoms with van der Waals surface area (Å²) in [4.78, 5) is 11.3. The number of carbonyl (C=O) groups is 1. The third-order valence-corrected chi connectivity index (χ3v) is 4.45. The molecule has 104 valence electrons. The molecule has 2 aliphatic carbocycles. The van der Waals surface area contributed by atoms with Crippen molar-refractivity contribution in [1.82, 2.24) is 0 Å². The van der Waals surface area contributed by atoms with Crippen LogP contribution >= 0.6 is 0 Å². The van der Waals surface area contributed by atoms with Crippen molar-refractivity contribution in [1.29, 1.82) is 0 Å². The van der Waals surface area contributed by atoms with Crippen LogP contribution in [-0.4, -0.2) is 13.1 Å². The lowest BCUT2D eigenvalue weighted by molar-refractivity contribution is -0.134. The van der Waals surface area contributed by atoms with Crippen molar-refractivity contribution in [2.45, 2.75) is 52.9 Å². The highest BCUT2D eigenvalue weighted by Crippen LogP contribution is 2.45. The van der Waals surface area contributed by atoms with Gasteiger partial charge in [0.05, 0.1) is 7.11 Å². The normalized spacial score (nSPS) is 22.7. The Kier molecular flexibility index (Phi) is 3.98. The van der Waals surface area contributed by atoms with Crippen LogP contribution in [0.4, 0.5) is 0 Å². The molecule has 19 heavy (non-hydrogen) atoms. The highest BCUT2D eigenvalue weighted by Gasteiger charge is 2.30. The summed E-state index contributed by atoms with van der Waals surface area (Å²) < 4.78 is 4.70. The van der Waals surface area contributed by atoms with E-state index in [9.17, 15) is 4.79 Å². The van der Waals surface area contributed by atoms with E-state index in [1.807, 2.05) is 6.92 Å². The second-order valence-electron chi connectivity index (χ2n) is 6.27. The van der Waals surface area contributed by atoms with Crippen LogP contribution in [0.3, 0.4) is 0 Å². The Bertz CT molecular complexity index is 475. The summed E-state index contributed by atoms with van der Waals surface area (Å²) >= 11 is 0. The van der Waals surface area contributed by atoms with Crippen molar-refractivity contribution >= 4 is 5.97 Å². The predicted octanol–water partition coefficient (Wildman–Crippen LogP) is 4.33. The van der Waals surface area contributed by atoms with Gasteiger partial charge < -0.3 is 4.74 Å². The van der Waals surface area contributed by atoms with Crippen LogP contribution in [0.5, 0.6) is 0 Å². The first kappa shape index (κ1) is 14.1. The van der Waals surface area contributed by atoms with Crippen LogP contribution < -0.4 is 0 Å². The van der Waals surface area contributed by atoms with Crippen molar-refractivity contribution in [2.75, 3.05) is 7.11 Å². The topological polar surface area (TPSA) is 26.3 Å². The van der Waals surface area contributed by atoms with Gasteiger partial charge in [0.25, 0.3) is 0 Å². The molecule has 0 aromatic heterocycles. The number of methoxy groups -OCH3 is 1. The minimum atomic E-state index is -0.263. The molecule has 0 spiro atoms. The number of hydrogen-bond acceptors (Lipinski definition) is 2. The molecule has 0 aliphatic heterocycles. The van der Waals surface area contributed by atoms with Gasteiger partial charge >= 0.3 is 5.97 Å². The molecule has 0 heterocycles. The number of ether oxygens (including phenoxy) is 1. The monoisotopic (exact) mass is 260 g/mol. The van der Waals surface area contributed by atoms with E-state index in [2.05, 4.69) is 19.9 Å². The number of esters is 1. The van der Waals surface area contributed by atoms with Crippen LogP contribution in [0.15, 0.2) is 34.4 Å². The maximum absolute atomic E-state index is 11.3. The van der Waals surface area contributed by atoms with Gasteiger partial charge in [-0.25, -0.2) is 4.79 Å². The van der Waals surface area contributed by atoms with E-state index in [4.69, 9.17) is 4.74 Å². The fraction of sp³-hybridized carbons (Fsp3) is 0.588. The quantitative estimate of drug-likeness (QED) is 0.545. The zero-order valence-electron chi connectivity index (χ0n) is 12.5. The molecule has 2 rings (SSSR count). The molecule has 0 saturated heterocycles. The van der Waals surface area contributed by atoms with E-state index in [0.29, 0.717) is 0 Å². The van der Waals surface area contributed by atoms with E-state index in [1.165, 1.54) is 37.5 Å². The Balaban J connectivity index is 2.31. The van der Waals surface area contributed by atoms with Gasteiger partial charge in [-0.2, -0.15) is 0 Å². The standard InChI is InChI=1S/C17H24O2/c1-12(10-16(18)19-4)14-8-7-13-6-5-9-17(2,3)15(13)11-14/h10-11H,5-9H2,1-4H3/b12-10+. The number of hydrogen-bond donors (Lipinski definition) is 0. The predicted molar refractivity (Wildman–Crippen MR) is 77.7 cm³/mol. The van der Waals surface area contributed by atoms with Crippen LogP contribution in [0.1, 0.15) is 52.9 Å². The summed E-state index contributed by atoms with van der Waals surface area (Å²) in [5.41, 5.74) is 5.76. The molecule has 0 aromatic rings. The summed E-state index contributed by atoms with van der Waals surface area (Å²) in [7, 11) is 1.42. The van der Waals surface area contributed by atoms with Crippen molar-refractivity contribution in [3.8, 4) is 0 Å². The third kappa shape index (κ3) is 2.99. The molecule has 0 fully saturated rings. The molecular formula is C17H24O2. The Hall–Kier alpha value is -1.31. The minimum Gasteiger partial charge on any atom is -0.466 e. The van der Waals surface area contributed by atoms with E-state index in [0.717, 1.165) is 18.4 Å². The van der Waals surface area contributed by atoms with Crippen molar-refractivity contribution in [2.24, 2.45) is 5.41 Å². The van der Waals surface area contributed by atoms with E-state index >= 15 is 0 Å². The van der Waals surface area contributed by atoms with Crippen LogP contribution in [0.25, 0.3) is 0 Å². The fourth-order valence-electron chi connectivity index (χ4n) is 3.22. The maximum Gasteiger partial charge on any atom is 0.330 e. The molecule has 0 aromatic carbocycles. The van der Waals surface area contributed by atoms with Crippen LogP contribution in [-0.2, 0) is 9.53 Å². The molecule has 0 bridgehead atoms. The molecule has 0 radical (unpaired) electrons. The van der Waals surface area contributed by atoms with Crippen molar-refractivity contribution in [3.63, 3.8) is 0 Å². The molecule has 0 N–H and O–H groups in total. The maximum atomic E-state index is 11.3. The van der Waals surface area contributed by atoms with Gasteiger partial charge in [-0.1, -0.05) is 25.5 Å². The minimum absolute atomic E-state index is 0.263. The van der Waals surface area contributed by atoms with Gasteiger partial charge in [0.15, 0.2) is 0 Å². The second-order valence-corrected chi connectivity index (χ2v) is 6.27. The smallest absolute Gasteiger partial charge is 0.330 e. The molecule has 2 aliphatic rings. The molecule has 2 nitrogen and oxygen atoms in total. The Morgan fingerprint density at radius 2 is 2.05 bits per heavy atom. The first-order valence-electron chi connectivity index (χ1n) is 7.14. The van der Waals surface area contributed by atoms with Gasteiger partial charge in [-0.3, -0.25) is 0 Å². The highest BCUT2D eigenvalue weighted by atomic mass is 16.5. The molecule has 0 saturated carbocycles. The fourth-order valence-corrected chi connectivity index (χ4v) is 3.22. The Morgan fingerprint density at radius 1 is 1.32 bits per heavy atom. The second kappa shape index (κ2) is 5.36. The van der Waals surface area contributed by atoms with Crippen molar-refractivity contribution < 1.29 is 9.53 Å². The third-order valence-electron chi connectivity index (χ3n) is 4.45. The first-order chi connectivity index (χ1) is 8.94. The van der Waals surface area contributed by atoms with Gasteiger partial charge in [0, 0.05) is 6.08 Å². The van der Waals surface area contributed by atoms with Gasteiger partial charge in [0.1, 0.15) is 0 Å². The SMILES string of the molecule is COC(=O)/C=C(\C)C1=CC2=C(CCCC2(C)C)CC1. The lowest BCUT2D eigenvalue weighted by Crippen LogP contribution is -2.22. The van der Waals surface area contributed by atoms with Gasteiger partial charge in [-0.05, 0) is 61.2 Å². The van der Waals surface area contributed by atoms with Crippen molar-refractivity contribution in [3.05, 3.63) is 34.4 Å². The summed E-state index contributed by atoms with van der Waals surface area (Å²) in [6.07, 6.45) is 9.95. The largest absolute Gasteiger partial charge is 0.466 e. The van der Waals surface area contributed by atoms with E-state index in [1.54, 1.807) is 11.6 Å². The highest BCUT2D eigenvalue weighted by molar-refractivity contribution is 5.83. The zero-order chi connectivity index (χ0) is 14.0. The Labute approximate surface area is 116 Å². The van der Waals surface area contributed by atoms with E-state index < -0.39 is 0 Å². The summed E-state index contributed by atoms with van der Waals surface area (Å²) in [5, 5.41) is 0. The summed E-state index contributed by atoms with van der Waals surface area (Å²) in [6.45, 7) is 6.67. The molecule has 0 atom stereocenters. The van der Waals surface area contributed by atoms with Gasteiger partial charge in [0.2, 0.25) is 0 Å². The first-order valence-corrected chi connectivity index (χ1v) is 7.14. The molecule has 0 amide bonds. The average molecular weight is 260 g/mol. The zero-order valence-corrected chi connectivity index (χ0v) is 12.5. The summed E-state index contributed by atoms with van der Waals surface area (Å²) in [6, 6.07) is 0. The lowest BCUT2D eigenvalue weighted by Gasteiger charge is -2.36. The molecule has 2 heteroatoms. The number of allylic oxidation sites excluding steroid dienone is 5. The summed E-state index contributed by atoms with van der Waals surface area (Å²) in [5.74, 6) is -0.263. The van der Waals surface area contributed by atoms with Crippen LogP contribution in [0.2, 0.25) is 0 Å². The molecule has 0 unspecified atom stereocenters. The number of carbonyl (C=O) groups excluding carboxylic acids is 1. The molecular weight excluding hydrogens is 236 g/mol. The van der Waals surface area contributed by atoms with E-state index in [-0.39, 0.29) is 11.4 Å². The van der Waals surface area contributed by atoms with Crippen LogP contribution in [0, 0.1) is 5.41 Å². The average Bonchev–Trinajstić information content (AvgIpc) is 2.38.